The molecule has 2 heterocycles. The van der Waals surface area contributed by atoms with Gasteiger partial charge >= 0.3 is 5.97 Å². The zero-order chi connectivity index (χ0) is 17.6. The van der Waals surface area contributed by atoms with Crippen LogP contribution in [0.25, 0.3) is 11.0 Å². The molecule has 25 heavy (non-hydrogen) atoms. The fourth-order valence-corrected chi connectivity index (χ4v) is 4.11. The van der Waals surface area contributed by atoms with Gasteiger partial charge < -0.3 is 14.5 Å². The van der Waals surface area contributed by atoms with E-state index in [2.05, 4.69) is 22.4 Å². The first-order valence-electron chi connectivity index (χ1n) is 8.10. The second-order valence-electron chi connectivity index (χ2n) is 5.21. The molecule has 3 rings (SSSR count). The monoisotopic (exact) mass is 377 g/mol. The van der Waals surface area contributed by atoms with E-state index < -0.39 is 5.97 Å². The predicted molar refractivity (Wildman–Crippen MR) is 100 cm³/mol. The minimum absolute atomic E-state index is 0.268. The number of fused-ring (bicyclic) bond motifs is 1. The Kier molecular flexibility index (Phi) is 5.93. The van der Waals surface area contributed by atoms with Crippen molar-refractivity contribution in [2.75, 3.05) is 18.5 Å². The van der Waals surface area contributed by atoms with Gasteiger partial charge in [0, 0.05) is 23.2 Å². The van der Waals surface area contributed by atoms with Crippen LogP contribution < -0.4 is 5.32 Å². The summed E-state index contributed by atoms with van der Waals surface area (Å²) in [6.07, 6.45) is 1.03. The Hall–Kier alpha value is -2.06. The molecule has 0 saturated carbocycles. The molecule has 132 valence electrons. The van der Waals surface area contributed by atoms with Gasteiger partial charge in [-0.1, -0.05) is 48.2 Å². The van der Waals surface area contributed by atoms with E-state index >= 15 is 0 Å². The molecule has 6 nitrogen and oxygen atoms in total. The average Bonchev–Trinajstić information content (AvgIpc) is 3.22. The Labute approximate surface area is 154 Å². The van der Waals surface area contributed by atoms with Gasteiger partial charge in [-0.3, -0.25) is 0 Å². The number of carbonyl (C=O) groups excluding carboxylic acids is 1. The standard InChI is InChI=1S/C17H19N3O3S2/c1-3-9-18-16-19-20-17(25-16)24-10-12-11-7-5-6-8-13(11)23-14(12)15(21)22-4-2/h5-8H,3-4,9-10H2,1-2H3,(H,18,19). The summed E-state index contributed by atoms with van der Waals surface area (Å²) < 4.78 is 11.7. The summed E-state index contributed by atoms with van der Waals surface area (Å²) in [5.41, 5.74) is 1.51. The number of thioether (sulfide) groups is 1. The van der Waals surface area contributed by atoms with Crippen molar-refractivity contribution in [3.05, 3.63) is 35.6 Å². The molecule has 0 aliphatic carbocycles. The summed E-state index contributed by atoms with van der Waals surface area (Å²) >= 11 is 3.04. The molecular weight excluding hydrogens is 358 g/mol. The summed E-state index contributed by atoms with van der Waals surface area (Å²) in [5.74, 6) is 0.398. The number of rotatable bonds is 8. The summed E-state index contributed by atoms with van der Waals surface area (Å²) in [4.78, 5) is 12.2. The fraction of sp³-hybridized carbons (Fsp3) is 0.353. The van der Waals surface area contributed by atoms with Crippen LogP contribution in [0.5, 0.6) is 0 Å². The van der Waals surface area contributed by atoms with Gasteiger partial charge in [0.15, 0.2) is 4.34 Å². The number of aromatic nitrogens is 2. The van der Waals surface area contributed by atoms with Crippen LogP contribution in [0, 0.1) is 0 Å². The highest BCUT2D eigenvalue weighted by Crippen LogP contribution is 2.34. The maximum atomic E-state index is 12.2. The van der Waals surface area contributed by atoms with Gasteiger partial charge in [-0.15, -0.1) is 10.2 Å². The quantitative estimate of drug-likeness (QED) is 0.455. The van der Waals surface area contributed by atoms with Crippen molar-refractivity contribution in [1.82, 2.24) is 10.2 Å². The number of para-hydroxylation sites is 1. The second kappa shape index (κ2) is 8.35. The van der Waals surface area contributed by atoms with E-state index in [0.717, 1.165) is 33.4 Å². The Morgan fingerprint density at radius 1 is 1.32 bits per heavy atom. The summed E-state index contributed by atoms with van der Waals surface area (Å²) in [5, 5.41) is 13.3. The number of nitrogens with one attached hydrogen (secondary N) is 1. The van der Waals surface area contributed by atoms with Crippen LogP contribution in [0.15, 0.2) is 33.0 Å². The van der Waals surface area contributed by atoms with Crippen molar-refractivity contribution in [1.29, 1.82) is 0 Å². The first-order chi connectivity index (χ1) is 12.2. The van der Waals surface area contributed by atoms with Crippen LogP contribution in [0.1, 0.15) is 36.4 Å². The molecule has 8 heteroatoms. The molecule has 3 aromatic rings. The van der Waals surface area contributed by atoms with Crippen molar-refractivity contribution >= 4 is 45.2 Å². The zero-order valence-electron chi connectivity index (χ0n) is 14.1. The van der Waals surface area contributed by atoms with Crippen molar-refractivity contribution < 1.29 is 13.9 Å². The van der Waals surface area contributed by atoms with E-state index in [9.17, 15) is 4.79 Å². The highest BCUT2D eigenvalue weighted by molar-refractivity contribution is 8.00. The number of esters is 1. The molecule has 0 aliphatic heterocycles. The molecule has 0 saturated heterocycles. The maximum absolute atomic E-state index is 12.2. The molecule has 0 bridgehead atoms. The molecule has 0 radical (unpaired) electrons. The van der Waals surface area contributed by atoms with Crippen molar-refractivity contribution in [3.8, 4) is 0 Å². The number of carbonyl (C=O) groups is 1. The molecular formula is C17H19N3O3S2. The second-order valence-corrected chi connectivity index (χ2v) is 7.41. The predicted octanol–water partition coefficient (Wildman–Crippen LogP) is 4.58. The third-order valence-electron chi connectivity index (χ3n) is 3.43. The van der Waals surface area contributed by atoms with Crippen LogP contribution in [0.3, 0.4) is 0 Å². The molecule has 0 unspecified atom stereocenters. The Morgan fingerprint density at radius 2 is 2.16 bits per heavy atom. The highest BCUT2D eigenvalue weighted by atomic mass is 32.2. The number of hydrogen-bond acceptors (Lipinski definition) is 8. The minimum Gasteiger partial charge on any atom is -0.460 e. The Balaban J connectivity index is 1.81. The van der Waals surface area contributed by atoms with Gasteiger partial charge in [-0.25, -0.2) is 4.79 Å². The van der Waals surface area contributed by atoms with Gasteiger partial charge in [0.1, 0.15) is 5.58 Å². The SMILES string of the molecule is CCCNc1nnc(SCc2c(C(=O)OCC)oc3ccccc23)s1. The molecule has 1 N–H and O–H groups in total. The van der Waals surface area contributed by atoms with Gasteiger partial charge in [0.05, 0.1) is 6.61 Å². The number of furan rings is 1. The lowest BCUT2D eigenvalue weighted by Crippen LogP contribution is -2.05. The molecule has 1 aromatic carbocycles. The smallest absolute Gasteiger partial charge is 0.374 e. The van der Waals surface area contributed by atoms with E-state index in [1.807, 2.05) is 24.3 Å². The van der Waals surface area contributed by atoms with Crippen molar-refractivity contribution in [2.45, 2.75) is 30.4 Å². The minimum atomic E-state index is -0.433. The lowest BCUT2D eigenvalue weighted by molar-refractivity contribution is 0.0491. The Bertz CT molecular complexity index is 860. The number of ether oxygens (including phenoxy) is 1. The number of nitrogens with zero attached hydrogens (tertiary/aromatic N) is 2. The molecule has 0 amide bonds. The van der Waals surface area contributed by atoms with Crippen LogP contribution in [-0.2, 0) is 10.5 Å². The largest absolute Gasteiger partial charge is 0.460 e. The van der Waals surface area contributed by atoms with Gasteiger partial charge in [0.2, 0.25) is 10.9 Å². The third kappa shape index (κ3) is 4.13. The van der Waals surface area contributed by atoms with Crippen molar-refractivity contribution in [3.63, 3.8) is 0 Å². The summed E-state index contributed by atoms with van der Waals surface area (Å²) in [7, 11) is 0. The molecule has 0 atom stereocenters. The lowest BCUT2D eigenvalue weighted by Gasteiger charge is -2.02. The first kappa shape index (κ1) is 17.8. The summed E-state index contributed by atoms with van der Waals surface area (Å²) in [6.45, 7) is 5.07. The van der Waals surface area contributed by atoms with Gasteiger partial charge in [-0.05, 0) is 19.4 Å². The van der Waals surface area contributed by atoms with Crippen LogP contribution >= 0.6 is 23.1 Å². The van der Waals surface area contributed by atoms with E-state index in [-0.39, 0.29) is 5.76 Å². The third-order valence-corrected chi connectivity index (χ3v) is 5.47. The number of benzene rings is 1. The van der Waals surface area contributed by atoms with Crippen molar-refractivity contribution in [2.24, 2.45) is 0 Å². The zero-order valence-corrected chi connectivity index (χ0v) is 15.7. The molecule has 0 fully saturated rings. The number of hydrogen-bond donors (Lipinski definition) is 1. The Morgan fingerprint density at radius 3 is 2.96 bits per heavy atom. The van der Waals surface area contributed by atoms with E-state index in [0.29, 0.717) is 17.9 Å². The van der Waals surface area contributed by atoms with E-state index in [1.165, 1.54) is 23.1 Å². The highest BCUT2D eigenvalue weighted by Gasteiger charge is 2.22. The van der Waals surface area contributed by atoms with E-state index in [4.69, 9.17) is 9.15 Å². The van der Waals surface area contributed by atoms with E-state index in [1.54, 1.807) is 6.92 Å². The molecule has 2 aromatic heterocycles. The first-order valence-corrected chi connectivity index (χ1v) is 9.90. The fourth-order valence-electron chi connectivity index (χ4n) is 2.31. The summed E-state index contributed by atoms with van der Waals surface area (Å²) in [6, 6.07) is 7.61. The van der Waals surface area contributed by atoms with Crippen LogP contribution in [-0.4, -0.2) is 29.3 Å². The topological polar surface area (TPSA) is 77.2 Å². The maximum Gasteiger partial charge on any atom is 0.374 e. The average molecular weight is 377 g/mol. The van der Waals surface area contributed by atoms with Gasteiger partial charge in [0.25, 0.3) is 0 Å². The van der Waals surface area contributed by atoms with Crippen LogP contribution in [0.4, 0.5) is 5.13 Å². The van der Waals surface area contributed by atoms with Crippen LogP contribution in [0.2, 0.25) is 0 Å². The molecule has 0 aliphatic rings. The van der Waals surface area contributed by atoms with Gasteiger partial charge in [-0.2, -0.15) is 0 Å². The normalized spacial score (nSPS) is 11.0. The molecule has 0 spiro atoms. The lowest BCUT2D eigenvalue weighted by atomic mass is 10.1. The number of anilines is 1.